The van der Waals surface area contributed by atoms with Crippen molar-refractivity contribution in [2.45, 2.75) is 51.7 Å². The van der Waals surface area contributed by atoms with Gasteiger partial charge in [0.1, 0.15) is 0 Å². The van der Waals surface area contributed by atoms with E-state index in [1.54, 1.807) is 6.92 Å². The molecule has 1 aromatic carbocycles. The summed E-state index contributed by atoms with van der Waals surface area (Å²) in [5.74, 6) is -1.38. The minimum Gasteiger partial charge on any atom is -0.386 e. The number of halogens is 2. The third-order valence-corrected chi connectivity index (χ3v) is 4.52. The highest BCUT2D eigenvalue weighted by molar-refractivity contribution is 5.79. The lowest BCUT2D eigenvalue weighted by atomic mass is 9.82. The molecule has 0 bridgehead atoms. The lowest BCUT2D eigenvalue weighted by Gasteiger charge is -2.28. The Morgan fingerprint density at radius 3 is 2.45 bits per heavy atom. The molecule has 0 spiro atoms. The van der Waals surface area contributed by atoms with Crippen LogP contribution in [-0.4, -0.2) is 17.1 Å². The van der Waals surface area contributed by atoms with E-state index in [0.29, 0.717) is 5.92 Å². The molecular weight excluding hydrogens is 288 g/mol. The number of carbonyl (C=O) groups excluding carboxylic acids is 1. The van der Waals surface area contributed by atoms with Crippen LogP contribution in [0.5, 0.6) is 0 Å². The van der Waals surface area contributed by atoms with E-state index in [2.05, 4.69) is 12.2 Å². The van der Waals surface area contributed by atoms with E-state index in [-0.39, 0.29) is 17.4 Å². The standard InChI is InChI=1S/C17H23F2NO2/c1-10-3-5-12(6-4-10)17(22)20-11(2)16(21)13-7-8-14(18)15(19)9-13/h7-12,16,21H,3-6H2,1-2H3,(H,20,22). The maximum Gasteiger partial charge on any atom is 0.223 e. The predicted octanol–water partition coefficient (Wildman–Crippen LogP) is 3.33. The largest absolute Gasteiger partial charge is 0.386 e. The summed E-state index contributed by atoms with van der Waals surface area (Å²) in [6.07, 6.45) is 2.74. The molecule has 3 nitrogen and oxygen atoms in total. The van der Waals surface area contributed by atoms with Crippen molar-refractivity contribution in [3.8, 4) is 0 Å². The van der Waals surface area contributed by atoms with Crippen molar-refractivity contribution in [3.05, 3.63) is 35.4 Å². The van der Waals surface area contributed by atoms with Gasteiger partial charge in [-0.15, -0.1) is 0 Å². The number of benzene rings is 1. The lowest BCUT2D eigenvalue weighted by Crippen LogP contribution is -2.41. The fourth-order valence-corrected chi connectivity index (χ4v) is 2.93. The van der Waals surface area contributed by atoms with E-state index in [1.807, 2.05) is 0 Å². The average molecular weight is 311 g/mol. The molecule has 1 aliphatic carbocycles. The Labute approximate surface area is 129 Å². The zero-order valence-corrected chi connectivity index (χ0v) is 13.0. The summed E-state index contributed by atoms with van der Waals surface area (Å²) in [7, 11) is 0. The van der Waals surface area contributed by atoms with Crippen LogP contribution in [0.3, 0.4) is 0 Å². The Hall–Kier alpha value is -1.49. The Balaban J connectivity index is 1.94. The van der Waals surface area contributed by atoms with Crippen molar-refractivity contribution >= 4 is 5.91 Å². The van der Waals surface area contributed by atoms with Crippen LogP contribution in [-0.2, 0) is 4.79 Å². The number of aliphatic hydroxyl groups is 1. The molecule has 1 aliphatic rings. The molecule has 1 fully saturated rings. The Morgan fingerprint density at radius 2 is 1.86 bits per heavy atom. The van der Waals surface area contributed by atoms with E-state index in [9.17, 15) is 18.7 Å². The van der Waals surface area contributed by atoms with E-state index < -0.39 is 23.8 Å². The molecule has 2 rings (SSSR count). The second-order valence-electron chi connectivity index (χ2n) is 6.37. The number of carbonyl (C=O) groups is 1. The van der Waals surface area contributed by atoms with Gasteiger partial charge in [-0.3, -0.25) is 4.79 Å². The number of amides is 1. The van der Waals surface area contributed by atoms with Crippen molar-refractivity contribution in [3.63, 3.8) is 0 Å². The maximum atomic E-state index is 13.2. The molecule has 1 amide bonds. The van der Waals surface area contributed by atoms with E-state index in [1.165, 1.54) is 6.07 Å². The SMILES string of the molecule is CC1CCC(C(=O)NC(C)C(O)c2ccc(F)c(F)c2)CC1. The molecule has 1 aromatic rings. The quantitative estimate of drug-likeness (QED) is 0.896. The van der Waals surface area contributed by atoms with E-state index in [0.717, 1.165) is 37.8 Å². The number of nitrogens with one attached hydrogen (secondary N) is 1. The van der Waals surface area contributed by atoms with Gasteiger partial charge in [-0.1, -0.05) is 13.0 Å². The van der Waals surface area contributed by atoms with E-state index >= 15 is 0 Å². The van der Waals surface area contributed by atoms with Gasteiger partial charge >= 0.3 is 0 Å². The molecule has 22 heavy (non-hydrogen) atoms. The van der Waals surface area contributed by atoms with Gasteiger partial charge in [-0.05, 0) is 56.2 Å². The van der Waals surface area contributed by atoms with Gasteiger partial charge in [-0.2, -0.15) is 0 Å². The number of rotatable bonds is 4. The first kappa shape index (κ1) is 16.9. The minimum atomic E-state index is -1.07. The van der Waals surface area contributed by atoms with Crippen LogP contribution >= 0.6 is 0 Å². The highest BCUT2D eigenvalue weighted by atomic mass is 19.2. The van der Waals surface area contributed by atoms with Crippen molar-refractivity contribution < 1.29 is 18.7 Å². The van der Waals surface area contributed by atoms with Crippen LogP contribution in [0.1, 0.15) is 51.2 Å². The molecule has 5 heteroatoms. The molecule has 0 saturated heterocycles. The van der Waals surface area contributed by atoms with E-state index in [4.69, 9.17) is 0 Å². The van der Waals surface area contributed by atoms with Gasteiger partial charge < -0.3 is 10.4 Å². The van der Waals surface area contributed by atoms with Gasteiger partial charge in [0.25, 0.3) is 0 Å². The summed E-state index contributed by atoms with van der Waals surface area (Å²) in [5.41, 5.74) is 0.254. The van der Waals surface area contributed by atoms with Gasteiger partial charge in [0.15, 0.2) is 11.6 Å². The number of hydrogen-bond acceptors (Lipinski definition) is 2. The number of hydrogen-bond donors (Lipinski definition) is 2. The molecule has 0 heterocycles. The fraction of sp³-hybridized carbons (Fsp3) is 0.588. The predicted molar refractivity (Wildman–Crippen MR) is 80.0 cm³/mol. The Morgan fingerprint density at radius 1 is 1.23 bits per heavy atom. The average Bonchev–Trinajstić information content (AvgIpc) is 2.49. The Bertz CT molecular complexity index is 527. The molecule has 2 N–H and O–H groups in total. The normalized spacial score (nSPS) is 24.6. The van der Waals surface area contributed by atoms with Crippen molar-refractivity contribution in [1.29, 1.82) is 0 Å². The summed E-state index contributed by atoms with van der Waals surface area (Å²) >= 11 is 0. The topological polar surface area (TPSA) is 49.3 Å². The van der Waals surface area contributed by atoms with Gasteiger partial charge in [-0.25, -0.2) is 8.78 Å². The van der Waals surface area contributed by atoms with Crippen LogP contribution in [0.4, 0.5) is 8.78 Å². The van der Waals surface area contributed by atoms with Crippen LogP contribution in [0.2, 0.25) is 0 Å². The molecule has 0 radical (unpaired) electrons. The van der Waals surface area contributed by atoms with Crippen LogP contribution in [0.25, 0.3) is 0 Å². The second kappa shape index (κ2) is 7.18. The summed E-state index contributed by atoms with van der Waals surface area (Å²) in [4.78, 5) is 12.2. The molecule has 0 aliphatic heterocycles. The Kier molecular flexibility index (Phi) is 5.51. The van der Waals surface area contributed by atoms with Crippen LogP contribution in [0, 0.1) is 23.5 Å². The molecule has 2 atom stereocenters. The third kappa shape index (κ3) is 4.03. The summed E-state index contributed by atoms with van der Waals surface area (Å²) in [6, 6.07) is 2.71. The molecule has 1 saturated carbocycles. The molecular formula is C17H23F2NO2. The first-order chi connectivity index (χ1) is 10.4. The highest BCUT2D eigenvalue weighted by Crippen LogP contribution is 2.29. The van der Waals surface area contributed by atoms with Crippen molar-refractivity contribution in [2.75, 3.05) is 0 Å². The molecule has 0 aromatic heterocycles. The first-order valence-electron chi connectivity index (χ1n) is 7.82. The molecule has 2 unspecified atom stereocenters. The van der Waals surface area contributed by atoms with Crippen molar-refractivity contribution in [2.24, 2.45) is 11.8 Å². The minimum absolute atomic E-state index is 0.0178. The first-order valence-corrected chi connectivity index (χ1v) is 7.82. The van der Waals surface area contributed by atoms with Crippen LogP contribution in [0.15, 0.2) is 18.2 Å². The monoisotopic (exact) mass is 311 g/mol. The smallest absolute Gasteiger partial charge is 0.223 e. The third-order valence-electron chi connectivity index (χ3n) is 4.52. The van der Waals surface area contributed by atoms with Gasteiger partial charge in [0, 0.05) is 5.92 Å². The van der Waals surface area contributed by atoms with Gasteiger partial charge in [0.05, 0.1) is 12.1 Å². The zero-order chi connectivity index (χ0) is 16.3. The number of aliphatic hydroxyl groups excluding tert-OH is 1. The van der Waals surface area contributed by atoms with Crippen LogP contribution < -0.4 is 5.32 Å². The van der Waals surface area contributed by atoms with Crippen molar-refractivity contribution in [1.82, 2.24) is 5.32 Å². The molecule has 122 valence electrons. The summed E-state index contributed by atoms with van der Waals surface area (Å²) in [5, 5.41) is 13.0. The maximum absolute atomic E-state index is 13.2. The zero-order valence-electron chi connectivity index (χ0n) is 13.0. The fourth-order valence-electron chi connectivity index (χ4n) is 2.93. The summed E-state index contributed by atoms with van der Waals surface area (Å²) in [6.45, 7) is 3.85. The highest BCUT2D eigenvalue weighted by Gasteiger charge is 2.27. The second-order valence-corrected chi connectivity index (χ2v) is 6.37. The van der Waals surface area contributed by atoms with Gasteiger partial charge in [0.2, 0.25) is 5.91 Å². The summed E-state index contributed by atoms with van der Waals surface area (Å²) < 4.78 is 26.1. The lowest BCUT2D eigenvalue weighted by molar-refractivity contribution is -0.127.